The molecule has 3 rings (SSSR count). The molecule has 0 N–H and O–H groups in total. The van der Waals surface area contributed by atoms with E-state index in [9.17, 15) is 0 Å². The monoisotopic (exact) mass is 315 g/mol. The van der Waals surface area contributed by atoms with Gasteiger partial charge in [-0.2, -0.15) is 0 Å². The van der Waals surface area contributed by atoms with Gasteiger partial charge in [-0.15, -0.1) is 0 Å². The van der Waals surface area contributed by atoms with Gasteiger partial charge < -0.3 is 9.64 Å². The van der Waals surface area contributed by atoms with Crippen molar-refractivity contribution in [2.24, 2.45) is 0 Å². The normalized spacial score (nSPS) is 19.1. The summed E-state index contributed by atoms with van der Waals surface area (Å²) in [6, 6.07) is 16.5. The molecule has 1 aliphatic heterocycles. The van der Waals surface area contributed by atoms with Crippen molar-refractivity contribution < 1.29 is 4.74 Å². The lowest BCUT2D eigenvalue weighted by Gasteiger charge is -2.31. The topological polar surface area (TPSA) is 12.5 Å². The van der Waals surface area contributed by atoms with Crippen LogP contribution in [0.1, 0.15) is 26.3 Å². The minimum Gasteiger partial charge on any atom is -0.492 e. The number of nitrogens with zero attached hydrogens (tertiary/aromatic N) is 1. The van der Waals surface area contributed by atoms with Crippen molar-refractivity contribution in [2.45, 2.75) is 32.2 Å². The molecule has 2 nitrogen and oxygen atoms in total. The smallest absolute Gasteiger partial charge is 0.119 e. The second-order valence-corrected chi connectivity index (χ2v) is 6.79. The van der Waals surface area contributed by atoms with Gasteiger partial charge >= 0.3 is 0 Å². The Balaban J connectivity index is 1.76. The summed E-state index contributed by atoms with van der Waals surface area (Å²) in [7, 11) is 0. The standard InChI is InChI=1S/C19H22ClNO/c1-14-19(2,3)18-16(20)10-7-11-17(18)21(14)12-13-22-15-8-5-4-6-9-15/h4-11,14H,12-13H2,1-3H3. The number of para-hydroxylation sites is 1. The van der Waals surface area contributed by atoms with Gasteiger partial charge in [0.25, 0.3) is 0 Å². The average Bonchev–Trinajstić information content (AvgIpc) is 2.70. The number of ether oxygens (including phenoxy) is 1. The maximum Gasteiger partial charge on any atom is 0.119 e. The molecule has 1 heterocycles. The molecule has 0 bridgehead atoms. The highest BCUT2D eigenvalue weighted by Gasteiger charge is 2.42. The van der Waals surface area contributed by atoms with E-state index < -0.39 is 0 Å². The molecule has 0 aliphatic carbocycles. The number of fused-ring (bicyclic) bond motifs is 1. The molecular formula is C19H22ClNO. The zero-order valence-corrected chi connectivity index (χ0v) is 14.1. The highest BCUT2D eigenvalue weighted by Crippen LogP contribution is 2.47. The molecule has 0 saturated carbocycles. The molecule has 0 amide bonds. The lowest BCUT2D eigenvalue weighted by Crippen LogP contribution is -2.41. The van der Waals surface area contributed by atoms with Crippen LogP contribution >= 0.6 is 11.6 Å². The van der Waals surface area contributed by atoms with Crippen LogP contribution in [0, 0.1) is 0 Å². The second kappa shape index (κ2) is 5.85. The van der Waals surface area contributed by atoms with E-state index in [2.05, 4.69) is 31.7 Å². The van der Waals surface area contributed by atoms with E-state index in [-0.39, 0.29) is 5.41 Å². The molecule has 0 radical (unpaired) electrons. The summed E-state index contributed by atoms with van der Waals surface area (Å²) >= 11 is 6.46. The first-order chi connectivity index (χ1) is 10.5. The predicted molar refractivity (Wildman–Crippen MR) is 93.2 cm³/mol. The molecule has 0 fully saturated rings. The van der Waals surface area contributed by atoms with Gasteiger partial charge in [-0.3, -0.25) is 0 Å². The van der Waals surface area contributed by atoms with Crippen molar-refractivity contribution >= 4 is 17.3 Å². The van der Waals surface area contributed by atoms with Crippen LogP contribution < -0.4 is 9.64 Å². The van der Waals surface area contributed by atoms with Gasteiger partial charge in [0.05, 0.1) is 6.54 Å². The van der Waals surface area contributed by atoms with E-state index in [1.165, 1.54) is 11.3 Å². The molecular weight excluding hydrogens is 294 g/mol. The molecule has 116 valence electrons. The van der Waals surface area contributed by atoms with Gasteiger partial charge in [-0.1, -0.05) is 49.7 Å². The Morgan fingerprint density at radius 1 is 1.09 bits per heavy atom. The van der Waals surface area contributed by atoms with Crippen LogP contribution in [0.25, 0.3) is 0 Å². The summed E-state index contributed by atoms with van der Waals surface area (Å²) in [6.07, 6.45) is 0. The summed E-state index contributed by atoms with van der Waals surface area (Å²) in [5, 5.41) is 0.862. The molecule has 0 aromatic heterocycles. The SMILES string of the molecule is CC1N(CCOc2ccccc2)c2cccc(Cl)c2C1(C)C. The van der Waals surface area contributed by atoms with Gasteiger partial charge in [0.2, 0.25) is 0 Å². The maximum absolute atomic E-state index is 6.46. The van der Waals surface area contributed by atoms with Gasteiger partial charge in [0.1, 0.15) is 12.4 Å². The van der Waals surface area contributed by atoms with Gasteiger partial charge in [0.15, 0.2) is 0 Å². The Morgan fingerprint density at radius 3 is 2.55 bits per heavy atom. The minimum absolute atomic E-state index is 0.0421. The molecule has 1 unspecified atom stereocenters. The molecule has 1 atom stereocenters. The lowest BCUT2D eigenvalue weighted by molar-refractivity contribution is 0.314. The maximum atomic E-state index is 6.46. The molecule has 2 aromatic carbocycles. The van der Waals surface area contributed by atoms with Crippen molar-refractivity contribution in [1.82, 2.24) is 0 Å². The fourth-order valence-electron chi connectivity index (χ4n) is 3.29. The van der Waals surface area contributed by atoms with Crippen LogP contribution in [-0.4, -0.2) is 19.2 Å². The fraction of sp³-hybridized carbons (Fsp3) is 0.368. The first-order valence-corrected chi connectivity index (χ1v) is 8.13. The Kier molecular flexibility index (Phi) is 4.05. The summed E-state index contributed by atoms with van der Waals surface area (Å²) in [6.45, 7) is 8.31. The van der Waals surface area contributed by atoms with Crippen molar-refractivity contribution in [1.29, 1.82) is 0 Å². The van der Waals surface area contributed by atoms with Gasteiger partial charge in [-0.05, 0) is 31.2 Å². The summed E-state index contributed by atoms with van der Waals surface area (Å²) in [5.74, 6) is 0.917. The Hall–Kier alpha value is -1.67. The first-order valence-electron chi connectivity index (χ1n) is 7.75. The Labute approximate surface area is 137 Å². The predicted octanol–water partition coefficient (Wildman–Crippen LogP) is 4.91. The van der Waals surface area contributed by atoms with Crippen molar-refractivity contribution in [3.05, 3.63) is 59.1 Å². The quantitative estimate of drug-likeness (QED) is 0.795. The minimum atomic E-state index is 0.0421. The molecule has 1 aliphatic rings. The second-order valence-electron chi connectivity index (χ2n) is 6.39. The van der Waals surface area contributed by atoms with Crippen LogP contribution in [0.15, 0.2) is 48.5 Å². The highest BCUT2D eigenvalue weighted by atomic mass is 35.5. The van der Waals surface area contributed by atoms with Crippen LogP contribution in [0.5, 0.6) is 5.75 Å². The van der Waals surface area contributed by atoms with Crippen LogP contribution in [0.3, 0.4) is 0 Å². The number of hydrogen-bond acceptors (Lipinski definition) is 2. The number of benzene rings is 2. The molecule has 22 heavy (non-hydrogen) atoms. The molecule has 0 spiro atoms. The summed E-state index contributed by atoms with van der Waals surface area (Å²) in [5.41, 5.74) is 2.53. The van der Waals surface area contributed by atoms with Gasteiger partial charge in [0, 0.05) is 27.7 Å². The van der Waals surface area contributed by atoms with Crippen LogP contribution in [0.2, 0.25) is 5.02 Å². The van der Waals surface area contributed by atoms with E-state index in [0.29, 0.717) is 12.6 Å². The Bertz CT molecular complexity index is 654. The van der Waals surface area contributed by atoms with E-state index in [1.54, 1.807) is 0 Å². The molecule has 0 saturated heterocycles. The van der Waals surface area contributed by atoms with Gasteiger partial charge in [-0.25, -0.2) is 0 Å². The third-order valence-electron chi connectivity index (χ3n) is 4.80. The Morgan fingerprint density at radius 2 is 1.82 bits per heavy atom. The third-order valence-corrected chi connectivity index (χ3v) is 5.12. The largest absolute Gasteiger partial charge is 0.492 e. The van der Waals surface area contributed by atoms with E-state index in [4.69, 9.17) is 16.3 Å². The fourth-order valence-corrected chi connectivity index (χ4v) is 3.70. The number of anilines is 1. The van der Waals surface area contributed by atoms with Crippen LogP contribution in [-0.2, 0) is 5.41 Å². The lowest BCUT2D eigenvalue weighted by atomic mass is 9.81. The van der Waals surface area contributed by atoms with E-state index >= 15 is 0 Å². The summed E-state index contributed by atoms with van der Waals surface area (Å²) in [4.78, 5) is 2.41. The summed E-state index contributed by atoms with van der Waals surface area (Å²) < 4.78 is 5.86. The van der Waals surface area contributed by atoms with E-state index in [1.807, 2.05) is 42.5 Å². The first kappa shape index (κ1) is 15.2. The number of rotatable bonds is 4. The molecule has 2 aromatic rings. The number of halogens is 1. The number of hydrogen-bond donors (Lipinski definition) is 0. The van der Waals surface area contributed by atoms with Crippen molar-refractivity contribution in [3.63, 3.8) is 0 Å². The van der Waals surface area contributed by atoms with Crippen molar-refractivity contribution in [2.75, 3.05) is 18.1 Å². The average molecular weight is 316 g/mol. The van der Waals surface area contributed by atoms with Crippen molar-refractivity contribution in [3.8, 4) is 5.75 Å². The zero-order valence-electron chi connectivity index (χ0n) is 13.3. The van der Waals surface area contributed by atoms with E-state index in [0.717, 1.165) is 17.3 Å². The molecule has 3 heteroatoms. The third kappa shape index (κ3) is 2.56. The highest BCUT2D eigenvalue weighted by molar-refractivity contribution is 6.32. The zero-order chi connectivity index (χ0) is 15.7. The van der Waals surface area contributed by atoms with Crippen LogP contribution in [0.4, 0.5) is 5.69 Å².